The molecule has 6 nitrogen and oxygen atoms in total. The lowest BCUT2D eigenvalue weighted by atomic mass is 9.93. The number of hydrogen-bond acceptors (Lipinski definition) is 5. The van der Waals surface area contributed by atoms with Crippen molar-refractivity contribution >= 4 is 17.9 Å². The van der Waals surface area contributed by atoms with Gasteiger partial charge in [0.1, 0.15) is 0 Å². The number of carboxylic acids is 1. The molecule has 120 valence electrons. The van der Waals surface area contributed by atoms with Gasteiger partial charge in [0.15, 0.2) is 0 Å². The van der Waals surface area contributed by atoms with E-state index in [1.807, 2.05) is 0 Å². The van der Waals surface area contributed by atoms with Crippen molar-refractivity contribution < 1.29 is 29.0 Å². The molecule has 0 aromatic heterocycles. The monoisotopic (exact) mass is 308 g/mol. The van der Waals surface area contributed by atoms with Crippen molar-refractivity contribution in [2.24, 2.45) is 5.92 Å². The molecule has 1 atom stereocenters. The molecular formula is C16H20O6. The minimum absolute atomic E-state index is 0.210. The van der Waals surface area contributed by atoms with E-state index in [0.29, 0.717) is 24.8 Å². The van der Waals surface area contributed by atoms with Crippen molar-refractivity contribution in [1.82, 2.24) is 0 Å². The molecule has 1 aromatic rings. The highest BCUT2D eigenvalue weighted by Gasteiger charge is 2.18. The summed E-state index contributed by atoms with van der Waals surface area (Å²) in [5.41, 5.74) is 1.24. The van der Waals surface area contributed by atoms with Crippen LogP contribution < -0.4 is 0 Å². The van der Waals surface area contributed by atoms with E-state index in [9.17, 15) is 19.5 Å². The molecule has 0 aliphatic carbocycles. The average Bonchev–Trinajstić information content (AvgIpc) is 2.53. The van der Waals surface area contributed by atoms with E-state index in [2.05, 4.69) is 9.47 Å². The average molecular weight is 308 g/mol. The van der Waals surface area contributed by atoms with E-state index in [1.165, 1.54) is 14.2 Å². The van der Waals surface area contributed by atoms with E-state index < -0.39 is 17.9 Å². The van der Waals surface area contributed by atoms with Crippen LogP contribution in [0.5, 0.6) is 0 Å². The predicted molar refractivity (Wildman–Crippen MR) is 78.5 cm³/mol. The van der Waals surface area contributed by atoms with Gasteiger partial charge in [-0.3, -0.25) is 9.59 Å². The van der Waals surface area contributed by atoms with Crippen LogP contribution in [0.3, 0.4) is 0 Å². The fourth-order valence-corrected chi connectivity index (χ4v) is 2.09. The maximum atomic E-state index is 11.3. The lowest BCUT2D eigenvalue weighted by Crippen LogP contribution is -2.17. The fourth-order valence-electron chi connectivity index (χ4n) is 2.09. The molecule has 0 aliphatic rings. The van der Waals surface area contributed by atoms with Gasteiger partial charge in [0, 0.05) is 6.42 Å². The van der Waals surface area contributed by atoms with Crippen molar-refractivity contribution in [3.8, 4) is 0 Å². The highest BCUT2D eigenvalue weighted by atomic mass is 16.5. The molecule has 0 spiro atoms. The topological polar surface area (TPSA) is 89.9 Å². The number of carboxylic acid groups (broad SMARTS) is 1. The maximum absolute atomic E-state index is 11.3. The zero-order chi connectivity index (χ0) is 16.5. The first-order chi connectivity index (χ1) is 10.5. The summed E-state index contributed by atoms with van der Waals surface area (Å²) >= 11 is 0. The van der Waals surface area contributed by atoms with Gasteiger partial charge in [-0.2, -0.15) is 0 Å². The summed E-state index contributed by atoms with van der Waals surface area (Å²) in [6.07, 6.45) is 1.41. The van der Waals surface area contributed by atoms with E-state index in [4.69, 9.17) is 0 Å². The highest BCUT2D eigenvalue weighted by molar-refractivity contribution is 5.89. The standard InChI is InChI=1S/C16H20O6/c1-21-14(17)5-3-4-13(15(18)19)10-11-6-8-12(9-7-11)16(20)22-2/h6-9,13H,3-5,10H2,1-2H3,(H,18,19). The van der Waals surface area contributed by atoms with Crippen LogP contribution in [0.4, 0.5) is 0 Å². The summed E-state index contributed by atoms with van der Waals surface area (Å²) in [7, 11) is 2.61. The number of benzene rings is 1. The summed E-state index contributed by atoms with van der Waals surface area (Å²) in [5, 5.41) is 9.25. The van der Waals surface area contributed by atoms with Crippen molar-refractivity contribution in [2.75, 3.05) is 14.2 Å². The number of rotatable bonds is 8. The number of ether oxygens (including phenoxy) is 2. The second kappa shape index (κ2) is 8.81. The van der Waals surface area contributed by atoms with Crippen molar-refractivity contribution in [3.05, 3.63) is 35.4 Å². The Bertz CT molecular complexity index is 520. The molecule has 0 bridgehead atoms. The van der Waals surface area contributed by atoms with Crippen LogP contribution in [0.25, 0.3) is 0 Å². The molecular weight excluding hydrogens is 288 g/mol. The lowest BCUT2D eigenvalue weighted by molar-refractivity contribution is -0.144. The number of carbonyl (C=O) groups excluding carboxylic acids is 2. The quantitative estimate of drug-likeness (QED) is 0.739. The molecule has 0 radical (unpaired) electrons. The van der Waals surface area contributed by atoms with Crippen molar-refractivity contribution in [3.63, 3.8) is 0 Å². The zero-order valence-corrected chi connectivity index (χ0v) is 12.7. The van der Waals surface area contributed by atoms with Crippen LogP contribution in [-0.2, 0) is 25.5 Å². The van der Waals surface area contributed by atoms with Gasteiger partial charge in [0.05, 0.1) is 25.7 Å². The first-order valence-electron chi connectivity index (χ1n) is 6.94. The second-order valence-electron chi connectivity index (χ2n) is 4.90. The van der Waals surface area contributed by atoms with Crippen LogP contribution in [-0.4, -0.2) is 37.2 Å². The molecule has 0 aliphatic heterocycles. The maximum Gasteiger partial charge on any atom is 0.337 e. The van der Waals surface area contributed by atoms with E-state index in [-0.39, 0.29) is 12.4 Å². The summed E-state index contributed by atoms with van der Waals surface area (Å²) in [6.45, 7) is 0. The molecule has 1 aromatic carbocycles. The number of carbonyl (C=O) groups is 3. The predicted octanol–water partition coefficient (Wildman–Crippen LogP) is 2.06. The third kappa shape index (κ3) is 5.55. The van der Waals surface area contributed by atoms with Crippen LogP contribution in [0.2, 0.25) is 0 Å². The number of methoxy groups -OCH3 is 2. The smallest absolute Gasteiger partial charge is 0.337 e. The molecule has 6 heteroatoms. The van der Waals surface area contributed by atoms with Gasteiger partial charge in [-0.05, 0) is 37.0 Å². The Labute approximate surface area is 129 Å². The van der Waals surface area contributed by atoms with Gasteiger partial charge < -0.3 is 14.6 Å². The molecule has 22 heavy (non-hydrogen) atoms. The van der Waals surface area contributed by atoms with Crippen LogP contribution in [0.15, 0.2) is 24.3 Å². The van der Waals surface area contributed by atoms with Crippen LogP contribution in [0, 0.1) is 5.92 Å². The summed E-state index contributed by atoms with van der Waals surface area (Å²) in [4.78, 5) is 33.6. The Balaban J connectivity index is 2.61. The van der Waals surface area contributed by atoms with E-state index >= 15 is 0 Å². The number of aliphatic carboxylic acids is 1. The molecule has 0 heterocycles. The zero-order valence-electron chi connectivity index (χ0n) is 12.7. The Morgan fingerprint density at radius 3 is 2.23 bits per heavy atom. The summed E-state index contributed by atoms with van der Waals surface area (Å²) in [5.74, 6) is -2.25. The van der Waals surface area contributed by atoms with Crippen molar-refractivity contribution in [2.45, 2.75) is 25.7 Å². The summed E-state index contributed by atoms with van der Waals surface area (Å²) in [6, 6.07) is 6.63. The van der Waals surface area contributed by atoms with Gasteiger partial charge in [0.2, 0.25) is 0 Å². The molecule has 1 rings (SSSR count). The largest absolute Gasteiger partial charge is 0.481 e. The second-order valence-corrected chi connectivity index (χ2v) is 4.90. The highest BCUT2D eigenvalue weighted by Crippen LogP contribution is 2.17. The first kappa shape index (κ1) is 17.7. The number of esters is 2. The Kier molecular flexibility index (Phi) is 7.08. The van der Waals surface area contributed by atoms with Crippen LogP contribution >= 0.6 is 0 Å². The molecule has 0 fully saturated rings. The summed E-state index contributed by atoms with van der Waals surface area (Å²) < 4.78 is 9.13. The van der Waals surface area contributed by atoms with E-state index in [0.717, 1.165) is 5.56 Å². The van der Waals surface area contributed by atoms with Gasteiger partial charge >= 0.3 is 17.9 Å². The minimum Gasteiger partial charge on any atom is -0.481 e. The molecule has 0 amide bonds. The molecule has 1 unspecified atom stereocenters. The first-order valence-corrected chi connectivity index (χ1v) is 6.94. The van der Waals surface area contributed by atoms with Gasteiger partial charge in [0.25, 0.3) is 0 Å². The Hall–Kier alpha value is -2.37. The Morgan fingerprint density at radius 1 is 1.09 bits per heavy atom. The van der Waals surface area contributed by atoms with Gasteiger partial charge in [-0.15, -0.1) is 0 Å². The lowest BCUT2D eigenvalue weighted by Gasteiger charge is -2.12. The van der Waals surface area contributed by atoms with Gasteiger partial charge in [-0.25, -0.2) is 4.79 Å². The third-order valence-electron chi connectivity index (χ3n) is 3.37. The van der Waals surface area contributed by atoms with Crippen molar-refractivity contribution in [1.29, 1.82) is 0 Å². The van der Waals surface area contributed by atoms with Crippen LogP contribution in [0.1, 0.15) is 35.2 Å². The fraction of sp³-hybridized carbons (Fsp3) is 0.438. The molecule has 0 saturated carbocycles. The minimum atomic E-state index is -0.901. The number of hydrogen-bond donors (Lipinski definition) is 1. The van der Waals surface area contributed by atoms with Gasteiger partial charge in [-0.1, -0.05) is 12.1 Å². The normalized spacial score (nSPS) is 11.5. The van der Waals surface area contributed by atoms with E-state index in [1.54, 1.807) is 24.3 Å². The third-order valence-corrected chi connectivity index (χ3v) is 3.37. The molecule has 0 saturated heterocycles. The molecule has 1 N–H and O–H groups in total. The SMILES string of the molecule is COC(=O)CCCC(Cc1ccc(C(=O)OC)cc1)C(=O)O. The Morgan fingerprint density at radius 2 is 1.73 bits per heavy atom.